The average molecular weight is 443 g/mol. The van der Waals surface area contributed by atoms with Crippen LogP contribution in [-0.4, -0.2) is 76.9 Å². The molecule has 0 aromatic carbocycles. The van der Waals surface area contributed by atoms with Gasteiger partial charge in [0.1, 0.15) is 18.1 Å². The van der Waals surface area contributed by atoms with Crippen molar-refractivity contribution in [2.75, 3.05) is 13.1 Å². The Kier molecular flexibility index (Phi) is 10.9. The molecular weight excluding hydrogens is 408 g/mol. The smallest absolute Gasteiger partial charge is 0.325 e. The highest BCUT2D eigenvalue weighted by Gasteiger charge is 2.38. The van der Waals surface area contributed by atoms with Gasteiger partial charge in [-0.2, -0.15) is 0 Å². The van der Waals surface area contributed by atoms with E-state index in [4.69, 9.17) is 22.3 Å². The van der Waals surface area contributed by atoms with Crippen molar-refractivity contribution in [1.29, 1.82) is 0 Å². The van der Waals surface area contributed by atoms with Crippen molar-refractivity contribution in [2.45, 2.75) is 76.0 Å². The largest absolute Gasteiger partial charge is 0.480 e. The number of nitrogens with two attached hydrogens (primary N) is 3. The average Bonchev–Trinajstić information content (AvgIpc) is 3.20. The fourth-order valence-corrected chi connectivity index (χ4v) is 3.33. The minimum atomic E-state index is -1.18. The minimum absolute atomic E-state index is 0.0483. The fourth-order valence-electron chi connectivity index (χ4n) is 3.33. The first-order valence-corrected chi connectivity index (χ1v) is 10.5. The molecule has 1 fully saturated rings. The van der Waals surface area contributed by atoms with Crippen molar-refractivity contribution < 1.29 is 29.1 Å². The quantitative estimate of drug-likeness (QED) is 0.171. The number of primary amides is 1. The molecular formula is C19H34N6O6. The summed E-state index contributed by atoms with van der Waals surface area (Å²) in [5, 5.41) is 14.0. The second-order valence-electron chi connectivity index (χ2n) is 7.72. The number of aliphatic carboxylic acids is 1. The number of nitrogens with zero attached hydrogens (tertiary/aromatic N) is 1. The van der Waals surface area contributed by atoms with Crippen LogP contribution in [0.4, 0.5) is 0 Å². The molecule has 1 heterocycles. The first kappa shape index (κ1) is 26.3. The monoisotopic (exact) mass is 442 g/mol. The number of rotatable bonds is 13. The highest BCUT2D eigenvalue weighted by molar-refractivity contribution is 5.94. The lowest BCUT2D eigenvalue weighted by molar-refractivity contribution is -0.144. The molecule has 31 heavy (non-hydrogen) atoms. The molecule has 0 aliphatic carbocycles. The lowest BCUT2D eigenvalue weighted by Gasteiger charge is -2.29. The summed E-state index contributed by atoms with van der Waals surface area (Å²) in [6.07, 6.45) is 2.49. The Morgan fingerprint density at radius 3 is 2.39 bits per heavy atom. The second-order valence-corrected chi connectivity index (χ2v) is 7.72. The van der Waals surface area contributed by atoms with Crippen LogP contribution < -0.4 is 27.8 Å². The molecule has 4 unspecified atom stereocenters. The van der Waals surface area contributed by atoms with E-state index in [1.165, 1.54) is 11.8 Å². The van der Waals surface area contributed by atoms with Gasteiger partial charge in [0.05, 0.1) is 6.04 Å². The third kappa shape index (κ3) is 8.50. The van der Waals surface area contributed by atoms with Crippen LogP contribution >= 0.6 is 0 Å². The molecule has 0 aromatic heterocycles. The Balaban J connectivity index is 2.87. The predicted octanol–water partition coefficient (Wildman–Crippen LogP) is -2.23. The van der Waals surface area contributed by atoms with Crippen molar-refractivity contribution in [3.8, 4) is 0 Å². The summed E-state index contributed by atoms with van der Waals surface area (Å²) in [5.74, 6) is -3.34. The van der Waals surface area contributed by atoms with Crippen LogP contribution in [0.2, 0.25) is 0 Å². The molecule has 0 spiro atoms. The van der Waals surface area contributed by atoms with E-state index in [1.54, 1.807) is 0 Å². The van der Waals surface area contributed by atoms with Crippen LogP contribution in [0, 0.1) is 0 Å². The molecule has 0 saturated carbocycles. The molecule has 0 bridgehead atoms. The van der Waals surface area contributed by atoms with Crippen molar-refractivity contribution in [3.05, 3.63) is 0 Å². The molecule has 0 aromatic rings. The molecule has 12 nitrogen and oxygen atoms in total. The number of hydrogen-bond acceptors (Lipinski definition) is 7. The number of carboxylic acids is 1. The van der Waals surface area contributed by atoms with Gasteiger partial charge in [0, 0.05) is 13.0 Å². The minimum Gasteiger partial charge on any atom is -0.480 e. The number of likely N-dealkylation sites (tertiary alicyclic amines) is 1. The standard InChI is InChI=1S/C19H34N6O6/c1-11(19(30)31)23-17(28)14-6-4-10-25(14)18(29)13(5-2-3-9-20)24-16(27)12(21)7-8-15(22)26/h11-14H,2-10,20-21H2,1H3,(H2,22,26)(H,23,28)(H,24,27)(H,30,31). The first-order valence-electron chi connectivity index (χ1n) is 10.5. The van der Waals surface area contributed by atoms with Gasteiger partial charge >= 0.3 is 5.97 Å². The van der Waals surface area contributed by atoms with Crippen LogP contribution in [0.3, 0.4) is 0 Å². The van der Waals surface area contributed by atoms with Gasteiger partial charge in [0.2, 0.25) is 23.6 Å². The summed E-state index contributed by atoms with van der Waals surface area (Å²) < 4.78 is 0. The van der Waals surface area contributed by atoms with Gasteiger partial charge in [-0.1, -0.05) is 0 Å². The van der Waals surface area contributed by atoms with Crippen molar-refractivity contribution >= 4 is 29.6 Å². The molecule has 1 aliphatic heterocycles. The number of nitrogens with one attached hydrogen (secondary N) is 2. The van der Waals surface area contributed by atoms with E-state index in [2.05, 4.69) is 10.6 Å². The third-order valence-corrected chi connectivity index (χ3v) is 5.17. The van der Waals surface area contributed by atoms with Crippen molar-refractivity contribution in [1.82, 2.24) is 15.5 Å². The van der Waals surface area contributed by atoms with Gasteiger partial charge in [0.15, 0.2) is 0 Å². The maximum Gasteiger partial charge on any atom is 0.325 e. The van der Waals surface area contributed by atoms with E-state index in [0.717, 1.165) is 0 Å². The van der Waals surface area contributed by atoms with Gasteiger partial charge in [-0.05, 0) is 52.0 Å². The number of carbonyl (C=O) groups is 5. The van der Waals surface area contributed by atoms with Crippen LogP contribution in [-0.2, 0) is 24.0 Å². The van der Waals surface area contributed by atoms with Gasteiger partial charge in [-0.25, -0.2) is 0 Å². The van der Waals surface area contributed by atoms with E-state index in [0.29, 0.717) is 45.2 Å². The van der Waals surface area contributed by atoms with E-state index in [9.17, 15) is 24.0 Å². The number of carboxylic acid groups (broad SMARTS) is 1. The van der Waals surface area contributed by atoms with Gasteiger partial charge < -0.3 is 37.8 Å². The zero-order valence-electron chi connectivity index (χ0n) is 17.8. The van der Waals surface area contributed by atoms with Crippen molar-refractivity contribution in [2.24, 2.45) is 17.2 Å². The molecule has 12 heteroatoms. The highest BCUT2D eigenvalue weighted by atomic mass is 16.4. The Labute approximate surface area is 181 Å². The lowest BCUT2D eigenvalue weighted by Crippen LogP contribution is -2.56. The SMILES string of the molecule is CC(NC(=O)C1CCCN1C(=O)C(CCCCN)NC(=O)C(N)CCC(N)=O)C(=O)O. The van der Waals surface area contributed by atoms with E-state index in [1.807, 2.05) is 0 Å². The van der Waals surface area contributed by atoms with Crippen LogP contribution in [0.15, 0.2) is 0 Å². The second kappa shape index (κ2) is 12.8. The molecule has 1 saturated heterocycles. The number of carbonyl (C=O) groups excluding carboxylic acids is 4. The molecule has 1 aliphatic rings. The fraction of sp³-hybridized carbons (Fsp3) is 0.737. The summed E-state index contributed by atoms with van der Waals surface area (Å²) in [6.45, 7) is 2.08. The summed E-state index contributed by atoms with van der Waals surface area (Å²) in [7, 11) is 0. The Morgan fingerprint density at radius 2 is 1.81 bits per heavy atom. The van der Waals surface area contributed by atoms with Gasteiger partial charge in [0.25, 0.3) is 0 Å². The number of amides is 4. The number of hydrogen-bond donors (Lipinski definition) is 6. The number of unbranched alkanes of at least 4 members (excludes halogenated alkanes) is 1. The molecule has 176 valence electrons. The zero-order chi connectivity index (χ0) is 23.6. The van der Waals surface area contributed by atoms with Crippen LogP contribution in [0.25, 0.3) is 0 Å². The van der Waals surface area contributed by atoms with Crippen molar-refractivity contribution in [3.63, 3.8) is 0 Å². The lowest BCUT2D eigenvalue weighted by atomic mass is 10.1. The zero-order valence-corrected chi connectivity index (χ0v) is 17.8. The molecule has 0 radical (unpaired) electrons. The van der Waals surface area contributed by atoms with Crippen LogP contribution in [0.1, 0.15) is 51.9 Å². The van der Waals surface area contributed by atoms with E-state index < -0.39 is 53.8 Å². The summed E-state index contributed by atoms with van der Waals surface area (Å²) in [6, 6.07) is -3.82. The maximum atomic E-state index is 13.2. The predicted molar refractivity (Wildman–Crippen MR) is 111 cm³/mol. The normalized spacial score (nSPS) is 18.7. The highest BCUT2D eigenvalue weighted by Crippen LogP contribution is 2.20. The molecule has 9 N–H and O–H groups in total. The summed E-state index contributed by atoms with van der Waals surface area (Å²) in [5.41, 5.74) is 16.4. The first-order chi connectivity index (χ1) is 14.6. The topological polar surface area (TPSA) is 211 Å². The van der Waals surface area contributed by atoms with Crippen LogP contribution in [0.5, 0.6) is 0 Å². The molecule has 4 atom stereocenters. The maximum absolute atomic E-state index is 13.2. The van der Waals surface area contributed by atoms with E-state index >= 15 is 0 Å². The van der Waals surface area contributed by atoms with Gasteiger partial charge in [-0.3, -0.25) is 24.0 Å². The Hall–Kier alpha value is -2.73. The van der Waals surface area contributed by atoms with E-state index in [-0.39, 0.29) is 12.8 Å². The Morgan fingerprint density at radius 1 is 1.13 bits per heavy atom. The Bertz CT molecular complexity index is 672. The summed E-state index contributed by atoms with van der Waals surface area (Å²) in [4.78, 5) is 61.4. The summed E-state index contributed by atoms with van der Waals surface area (Å²) >= 11 is 0. The van der Waals surface area contributed by atoms with Gasteiger partial charge in [-0.15, -0.1) is 0 Å². The molecule has 4 amide bonds. The third-order valence-electron chi connectivity index (χ3n) is 5.17. The molecule has 1 rings (SSSR count).